The Bertz CT molecular complexity index is 193. The molecule has 0 radical (unpaired) electrons. The summed E-state index contributed by atoms with van der Waals surface area (Å²) in [6, 6.07) is 0. The summed E-state index contributed by atoms with van der Waals surface area (Å²) in [5, 5.41) is 0. The Hall–Kier alpha value is -0.340. The van der Waals surface area contributed by atoms with Crippen LogP contribution in [0.5, 0.6) is 0 Å². The van der Waals surface area contributed by atoms with Crippen LogP contribution in [0.3, 0.4) is 0 Å². The Labute approximate surface area is 101 Å². The minimum absolute atomic E-state index is 0.384. The van der Waals surface area contributed by atoms with E-state index in [1.54, 1.807) is 0 Å². The van der Waals surface area contributed by atoms with Crippen LogP contribution in [0.4, 0.5) is 0 Å². The van der Waals surface area contributed by atoms with Crippen molar-refractivity contribution < 1.29 is 0 Å². The van der Waals surface area contributed by atoms with Crippen LogP contribution in [0.1, 0.15) is 45.4 Å². The van der Waals surface area contributed by atoms with E-state index >= 15 is 0 Å². The topological polar surface area (TPSA) is 29.3 Å². The first-order valence-corrected chi connectivity index (χ1v) is 6.79. The molecule has 94 valence electrons. The third-order valence-electron chi connectivity index (χ3n) is 3.99. The van der Waals surface area contributed by atoms with Crippen molar-refractivity contribution in [3.63, 3.8) is 0 Å². The molecule has 0 aliphatic heterocycles. The van der Waals surface area contributed by atoms with Gasteiger partial charge in [0.05, 0.1) is 0 Å². The van der Waals surface area contributed by atoms with Gasteiger partial charge in [0.25, 0.3) is 0 Å². The molecular weight excluding hydrogens is 196 g/mol. The quantitative estimate of drug-likeness (QED) is 0.555. The molecule has 1 aliphatic carbocycles. The van der Waals surface area contributed by atoms with Gasteiger partial charge in [0.2, 0.25) is 0 Å². The highest BCUT2D eigenvalue weighted by molar-refractivity contribution is 4.87. The fourth-order valence-electron chi connectivity index (χ4n) is 2.87. The summed E-state index contributed by atoms with van der Waals surface area (Å²) < 4.78 is 0. The van der Waals surface area contributed by atoms with Gasteiger partial charge in [-0.15, -0.1) is 6.58 Å². The van der Waals surface area contributed by atoms with Crippen LogP contribution < -0.4 is 5.73 Å². The van der Waals surface area contributed by atoms with Crippen LogP contribution in [0.15, 0.2) is 12.7 Å². The Morgan fingerprint density at radius 1 is 1.25 bits per heavy atom. The molecular formula is C14H28N2. The zero-order chi connectivity index (χ0) is 11.9. The Balaban J connectivity index is 2.58. The van der Waals surface area contributed by atoms with E-state index in [-0.39, 0.29) is 0 Å². The molecule has 2 N–H and O–H groups in total. The Morgan fingerprint density at radius 2 is 1.88 bits per heavy atom. The molecule has 0 aromatic rings. The van der Waals surface area contributed by atoms with Crippen molar-refractivity contribution in [3.05, 3.63) is 12.7 Å². The predicted molar refractivity (Wildman–Crippen MR) is 71.5 cm³/mol. The number of hydrogen-bond donors (Lipinski definition) is 1. The second-order valence-electron chi connectivity index (χ2n) is 5.23. The molecule has 0 atom stereocenters. The first-order chi connectivity index (χ1) is 7.76. The van der Waals surface area contributed by atoms with E-state index in [0.29, 0.717) is 5.41 Å². The molecule has 16 heavy (non-hydrogen) atoms. The van der Waals surface area contributed by atoms with E-state index < -0.39 is 0 Å². The number of nitrogens with zero attached hydrogens (tertiary/aromatic N) is 1. The summed E-state index contributed by atoms with van der Waals surface area (Å²) in [6.07, 6.45) is 10.2. The molecule has 2 nitrogen and oxygen atoms in total. The number of rotatable bonds is 6. The van der Waals surface area contributed by atoms with Gasteiger partial charge in [0.15, 0.2) is 0 Å². The lowest BCUT2D eigenvalue weighted by molar-refractivity contribution is 0.151. The second-order valence-corrected chi connectivity index (χ2v) is 5.23. The van der Waals surface area contributed by atoms with Crippen LogP contribution in [0.2, 0.25) is 0 Å². The van der Waals surface area contributed by atoms with Gasteiger partial charge in [-0.2, -0.15) is 0 Å². The molecule has 1 aliphatic rings. The van der Waals surface area contributed by atoms with Crippen LogP contribution in [0, 0.1) is 5.41 Å². The highest BCUT2D eigenvalue weighted by Gasteiger charge is 2.30. The Kier molecular flexibility index (Phi) is 6.07. The first kappa shape index (κ1) is 13.7. The smallest absolute Gasteiger partial charge is 0.0160 e. The average Bonchev–Trinajstić information content (AvgIpc) is 2.55. The molecule has 1 saturated carbocycles. The molecule has 0 saturated heterocycles. The molecule has 1 rings (SSSR count). The second kappa shape index (κ2) is 7.08. The third-order valence-corrected chi connectivity index (χ3v) is 3.99. The molecule has 1 fully saturated rings. The van der Waals surface area contributed by atoms with Crippen LogP contribution in [-0.2, 0) is 0 Å². The van der Waals surface area contributed by atoms with Crippen molar-refractivity contribution in [2.24, 2.45) is 11.1 Å². The normalized spacial score (nSPS) is 20.7. The molecule has 0 amide bonds. The van der Waals surface area contributed by atoms with Crippen LogP contribution >= 0.6 is 0 Å². The highest BCUT2D eigenvalue weighted by atomic mass is 15.1. The van der Waals surface area contributed by atoms with E-state index in [4.69, 9.17) is 5.73 Å². The SMILES string of the molecule is C=CCN(CC)CC1(CN)CCCCCC1. The summed E-state index contributed by atoms with van der Waals surface area (Å²) in [7, 11) is 0. The highest BCUT2D eigenvalue weighted by Crippen LogP contribution is 2.34. The number of likely N-dealkylation sites (N-methyl/N-ethyl adjacent to an activating group) is 1. The van der Waals surface area contributed by atoms with Gasteiger partial charge in [-0.3, -0.25) is 4.90 Å². The first-order valence-electron chi connectivity index (χ1n) is 6.79. The lowest BCUT2D eigenvalue weighted by Gasteiger charge is -2.36. The molecule has 0 aromatic carbocycles. The molecule has 0 heterocycles. The van der Waals surface area contributed by atoms with Gasteiger partial charge >= 0.3 is 0 Å². The van der Waals surface area contributed by atoms with Gasteiger partial charge in [0, 0.05) is 13.1 Å². The van der Waals surface area contributed by atoms with E-state index in [0.717, 1.165) is 26.2 Å². The van der Waals surface area contributed by atoms with Crippen molar-refractivity contribution >= 4 is 0 Å². The molecule has 0 bridgehead atoms. The maximum atomic E-state index is 6.05. The summed E-state index contributed by atoms with van der Waals surface area (Å²) in [4.78, 5) is 2.48. The van der Waals surface area contributed by atoms with Crippen molar-refractivity contribution in [2.45, 2.75) is 45.4 Å². The van der Waals surface area contributed by atoms with E-state index in [2.05, 4.69) is 18.4 Å². The van der Waals surface area contributed by atoms with Crippen LogP contribution in [-0.4, -0.2) is 31.1 Å². The third kappa shape index (κ3) is 3.91. The van der Waals surface area contributed by atoms with Crippen molar-refractivity contribution in [3.8, 4) is 0 Å². The minimum atomic E-state index is 0.384. The fourth-order valence-corrected chi connectivity index (χ4v) is 2.87. The van der Waals surface area contributed by atoms with E-state index in [1.165, 1.54) is 38.5 Å². The van der Waals surface area contributed by atoms with Gasteiger partial charge in [-0.05, 0) is 31.3 Å². The summed E-state index contributed by atoms with van der Waals surface area (Å²) in [6.45, 7) is 10.2. The summed E-state index contributed by atoms with van der Waals surface area (Å²) in [5.41, 5.74) is 6.44. The van der Waals surface area contributed by atoms with Gasteiger partial charge in [-0.1, -0.05) is 38.7 Å². The number of nitrogens with two attached hydrogens (primary N) is 1. The lowest BCUT2D eigenvalue weighted by Crippen LogP contribution is -2.42. The van der Waals surface area contributed by atoms with Crippen LogP contribution in [0.25, 0.3) is 0 Å². The number of hydrogen-bond acceptors (Lipinski definition) is 2. The van der Waals surface area contributed by atoms with Crippen molar-refractivity contribution in [1.82, 2.24) is 4.90 Å². The summed E-state index contributed by atoms with van der Waals surface area (Å²) in [5.74, 6) is 0. The molecule has 0 aromatic heterocycles. The van der Waals surface area contributed by atoms with Gasteiger partial charge < -0.3 is 5.73 Å². The van der Waals surface area contributed by atoms with Crippen molar-refractivity contribution in [1.29, 1.82) is 0 Å². The van der Waals surface area contributed by atoms with Gasteiger partial charge in [-0.25, -0.2) is 0 Å². The molecule has 0 spiro atoms. The molecule has 0 unspecified atom stereocenters. The maximum Gasteiger partial charge on any atom is 0.0160 e. The van der Waals surface area contributed by atoms with E-state index in [9.17, 15) is 0 Å². The Morgan fingerprint density at radius 3 is 2.31 bits per heavy atom. The minimum Gasteiger partial charge on any atom is -0.330 e. The summed E-state index contributed by atoms with van der Waals surface area (Å²) >= 11 is 0. The van der Waals surface area contributed by atoms with Gasteiger partial charge in [0.1, 0.15) is 0 Å². The zero-order valence-corrected chi connectivity index (χ0v) is 10.9. The average molecular weight is 224 g/mol. The standard InChI is InChI=1S/C14H28N2/c1-3-11-16(4-2)13-14(12-15)9-7-5-6-8-10-14/h3H,1,4-13,15H2,2H3. The maximum absolute atomic E-state index is 6.05. The fraction of sp³-hybridized carbons (Fsp3) is 0.857. The largest absolute Gasteiger partial charge is 0.330 e. The monoisotopic (exact) mass is 224 g/mol. The molecule has 2 heteroatoms. The van der Waals surface area contributed by atoms with Crippen molar-refractivity contribution in [2.75, 3.05) is 26.2 Å². The lowest BCUT2D eigenvalue weighted by atomic mass is 9.80. The zero-order valence-electron chi connectivity index (χ0n) is 10.9. The predicted octanol–water partition coefficient (Wildman–Crippen LogP) is 2.79. The van der Waals surface area contributed by atoms with E-state index in [1.807, 2.05) is 6.08 Å².